The van der Waals surface area contributed by atoms with Crippen molar-refractivity contribution in [3.8, 4) is 0 Å². The molecular formula is C29H43BN3O10. The lowest BCUT2D eigenvalue weighted by molar-refractivity contribution is -0.161. The van der Waals surface area contributed by atoms with Crippen LogP contribution in [0.2, 0.25) is 0 Å². The van der Waals surface area contributed by atoms with Crippen molar-refractivity contribution in [2.24, 2.45) is 11.7 Å². The Labute approximate surface area is 252 Å². The average Bonchev–Trinajstić information content (AvgIpc) is 3.00. The van der Waals surface area contributed by atoms with Gasteiger partial charge in [0.2, 0.25) is 0 Å². The fourth-order valence-corrected chi connectivity index (χ4v) is 4.72. The van der Waals surface area contributed by atoms with Crippen molar-refractivity contribution >= 4 is 30.5 Å². The van der Waals surface area contributed by atoms with Crippen LogP contribution in [-0.4, -0.2) is 115 Å². The number of hydrogen-bond acceptors (Lipinski definition) is 11. The molecule has 2 aromatic rings. The maximum absolute atomic E-state index is 13.9. The van der Waals surface area contributed by atoms with Crippen molar-refractivity contribution in [3.05, 3.63) is 48.0 Å². The number of aliphatic hydroxyl groups excluding tert-OH is 4. The van der Waals surface area contributed by atoms with Gasteiger partial charge in [-0.15, -0.1) is 0 Å². The first-order valence-electron chi connectivity index (χ1n) is 14.3. The Bertz CT molecular complexity index is 1180. The molecule has 0 aromatic heterocycles. The van der Waals surface area contributed by atoms with Crippen LogP contribution in [0.15, 0.2) is 42.5 Å². The van der Waals surface area contributed by atoms with E-state index in [2.05, 4.69) is 5.32 Å². The minimum absolute atomic E-state index is 0.228. The van der Waals surface area contributed by atoms with Crippen LogP contribution < -0.4 is 11.1 Å². The van der Waals surface area contributed by atoms with Crippen LogP contribution in [0.5, 0.6) is 0 Å². The molecule has 0 bridgehead atoms. The molecule has 43 heavy (non-hydrogen) atoms. The van der Waals surface area contributed by atoms with Gasteiger partial charge in [0, 0.05) is 13.1 Å². The summed E-state index contributed by atoms with van der Waals surface area (Å²) >= 11 is 0. The predicted molar refractivity (Wildman–Crippen MR) is 157 cm³/mol. The lowest BCUT2D eigenvalue weighted by atomic mass is 9.87. The number of ether oxygens (including phenoxy) is 2. The second-order valence-corrected chi connectivity index (χ2v) is 11.1. The molecule has 0 saturated carbocycles. The Kier molecular flexibility index (Phi) is 13.2. The van der Waals surface area contributed by atoms with Crippen LogP contribution in [0, 0.1) is 5.92 Å². The Balaban J connectivity index is 1.86. The molecule has 3 rings (SSSR count). The number of morpholine rings is 1. The Hall–Kier alpha value is -2.82. The highest BCUT2D eigenvalue weighted by molar-refractivity contribution is 6.18. The third-order valence-electron chi connectivity index (χ3n) is 7.25. The molecule has 7 N–H and O–H groups in total. The van der Waals surface area contributed by atoms with Crippen molar-refractivity contribution in [2.75, 3.05) is 39.5 Å². The molecule has 1 radical (unpaired) electrons. The second-order valence-electron chi connectivity index (χ2n) is 11.1. The SMILES string of the molecule is CC(C)C[C@H](N)O[B]O[C@H](COC(=O)[C@](C)(NC(=O)N1CCOCC1)c1cccc2ccccc12)[C@@H](O)[C@H](O)[C@H](O)CO. The highest BCUT2D eigenvalue weighted by Crippen LogP contribution is 2.31. The maximum Gasteiger partial charge on any atom is 0.489 e. The Morgan fingerprint density at radius 1 is 1.07 bits per heavy atom. The minimum Gasteiger partial charge on any atom is -0.461 e. The fraction of sp³-hybridized carbons (Fsp3) is 0.586. The van der Waals surface area contributed by atoms with Gasteiger partial charge in [0.1, 0.15) is 31.0 Å². The number of nitrogens with two attached hydrogens (primary N) is 1. The number of rotatable bonds is 15. The smallest absolute Gasteiger partial charge is 0.461 e. The molecule has 1 saturated heterocycles. The highest BCUT2D eigenvalue weighted by Gasteiger charge is 2.42. The molecular weight excluding hydrogens is 561 g/mol. The number of amides is 2. The number of hydrogen-bond donors (Lipinski definition) is 6. The first-order valence-corrected chi connectivity index (χ1v) is 14.3. The van der Waals surface area contributed by atoms with Crippen molar-refractivity contribution in [2.45, 2.75) is 63.4 Å². The van der Waals surface area contributed by atoms with Crippen molar-refractivity contribution in [1.29, 1.82) is 0 Å². The number of carbonyl (C=O) groups is 2. The molecule has 237 valence electrons. The number of carbonyl (C=O) groups excluding carboxylic acids is 2. The summed E-state index contributed by atoms with van der Waals surface area (Å²) in [5.41, 5.74) is 4.68. The molecule has 0 aliphatic carbocycles. The average molecular weight is 604 g/mol. The van der Waals surface area contributed by atoms with Gasteiger partial charge in [-0.3, -0.25) is 0 Å². The number of nitrogens with one attached hydrogen (secondary N) is 1. The Morgan fingerprint density at radius 2 is 1.74 bits per heavy atom. The first-order chi connectivity index (χ1) is 20.5. The van der Waals surface area contributed by atoms with E-state index in [1.54, 1.807) is 12.1 Å². The molecule has 14 heteroatoms. The van der Waals surface area contributed by atoms with Gasteiger partial charge in [-0.2, -0.15) is 0 Å². The van der Waals surface area contributed by atoms with E-state index in [9.17, 15) is 30.0 Å². The number of esters is 1. The standard InChI is InChI=1S/C29H43BN3O10/c1-18(2)15-24(31)43-30-42-23(26(37)25(36)22(35)16-34)17-41-27(38)29(3,32-28(39)33-11-13-40-14-12-33)21-10-6-8-19-7-4-5-9-20(19)21/h4-10,18,22-26,34-37H,11-17,31H2,1-3H3,(H,32,39)/t22-,23-,24-,25-,26-,29-/m1/s1. The lowest BCUT2D eigenvalue weighted by Gasteiger charge is -2.35. The van der Waals surface area contributed by atoms with Gasteiger partial charge in [-0.05, 0) is 35.6 Å². The summed E-state index contributed by atoms with van der Waals surface area (Å²) in [6.45, 7) is 5.37. The van der Waals surface area contributed by atoms with Crippen molar-refractivity contribution < 1.29 is 48.8 Å². The zero-order valence-electron chi connectivity index (χ0n) is 24.8. The second kappa shape index (κ2) is 16.3. The van der Waals surface area contributed by atoms with Gasteiger partial charge in [0.05, 0.1) is 26.0 Å². The summed E-state index contributed by atoms with van der Waals surface area (Å²) in [5.74, 6) is -0.646. The summed E-state index contributed by atoms with van der Waals surface area (Å²) in [5, 5.41) is 44.6. The van der Waals surface area contributed by atoms with Crippen LogP contribution in [0.1, 0.15) is 32.8 Å². The zero-order chi connectivity index (χ0) is 31.6. The third kappa shape index (κ3) is 9.34. The number of urea groups is 1. The van der Waals surface area contributed by atoms with Crippen LogP contribution in [0.3, 0.4) is 0 Å². The molecule has 1 heterocycles. The molecule has 1 aliphatic heterocycles. The molecule has 1 fully saturated rings. The number of fused-ring (bicyclic) bond motifs is 1. The molecule has 1 aliphatic rings. The normalized spacial score (nSPS) is 18.8. The van der Waals surface area contributed by atoms with Gasteiger partial charge < -0.3 is 55.2 Å². The molecule has 2 amide bonds. The first kappa shape index (κ1) is 34.7. The number of benzene rings is 2. The molecule has 6 atom stereocenters. The van der Waals surface area contributed by atoms with E-state index in [1.807, 2.05) is 44.2 Å². The summed E-state index contributed by atoms with van der Waals surface area (Å²) in [6.07, 6.45) is -7.04. The van der Waals surface area contributed by atoms with Gasteiger partial charge >= 0.3 is 19.7 Å². The van der Waals surface area contributed by atoms with E-state index in [0.717, 1.165) is 13.1 Å². The molecule has 2 aromatic carbocycles. The Morgan fingerprint density at radius 3 is 2.42 bits per heavy atom. The van der Waals surface area contributed by atoms with Crippen LogP contribution in [-0.2, 0) is 29.1 Å². The lowest BCUT2D eigenvalue weighted by Crippen LogP contribution is -2.57. The summed E-state index contributed by atoms with van der Waals surface area (Å²) < 4.78 is 21.8. The van der Waals surface area contributed by atoms with Crippen LogP contribution in [0.25, 0.3) is 10.8 Å². The van der Waals surface area contributed by atoms with Crippen molar-refractivity contribution in [1.82, 2.24) is 10.2 Å². The van der Waals surface area contributed by atoms with Crippen LogP contribution in [0.4, 0.5) is 4.79 Å². The quantitative estimate of drug-likeness (QED) is 0.0909. The maximum atomic E-state index is 13.9. The number of aliphatic hydroxyl groups is 4. The molecule has 0 spiro atoms. The van der Waals surface area contributed by atoms with E-state index in [1.165, 1.54) is 11.8 Å². The topological polar surface area (TPSA) is 193 Å². The number of nitrogens with zero attached hydrogens (tertiary/aromatic N) is 1. The minimum atomic E-state index is -1.85. The molecule has 0 unspecified atom stereocenters. The molecule has 13 nitrogen and oxygen atoms in total. The zero-order valence-corrected chi connectivity index (χ0v) is 24.8. The van der Waals surface area contributed by atoms with Gasteiger partial charge in [-0.25, -0.2) is 9.59 Å². The van der Waals surface area contributed by atoms with Crippen LogP contribution >= 0.6 is 0 Å². The van der Waals surface area contributed by atoms with E-state index in [-0.39, 0.29) is 5.92 Å². The monoisotopic (exact) mass is 604 g/mol. The van der Waals surface area contributed by atoms with E-state index in [0.29, 0.717) is 43.7 Å². The van der Waals surface area contributed by atoms with Gasteiger partial charge in [-0.1, -0.05) is 56.3 Å². The summed E-state index contributed by atoms with van der Waals surface area (Å²) in [4.78, 5) is 28.7. The largest absolute Gasteiger partial charge is 0.489 e. The fourth-order valence-electron chi connectivity index (χ4n) is 4.72. The van der Waals surface area contributed by atoms with E-state index in [4.69, 9.17) is 24.5 Å². The summed E-state index contributed by atoms with van der Waals surface area (Å²) in [6, 6.07) is 12.2. The third-order valence-corrected chi connectivity index (χ3v) is 7.25. The van der Waals surface area contributed by atoms with E-state index < -0.39 is 61.4 Å². The predicted octanol–water partition coefficient (Wildman–Crippen LogP) is -0.0181. The van der Waals surface area contributed by atoms with Gasteiger partial charge in [0.25, 0.3) is 0 Å². The summed E-state index contributed by atoms with van der Waals surface area (Å²) in [7, 11) is 0.872. The van der Waals surface area contributed by atoms with Crippen molar-refractivity contribution in [3.63, 3.8) is 0 Å². The van der Waals surface area contributed by atoms with E-state index >= 15 is 0 Å². The highest BCUT2D eigenvalue weighted by atomic mass is 16.6. The van der Waals surface area contributed by atoms with Gasteiger partial charge in [0.15, 0.2) is 5.54 Å².